The van der Waals surface area contributed by atoms with Gasteiger partial charge in [-0.3, -0.25) is 14.5 Å². The summed E-state index contributed by atoms with van der Waals surface area (Å²) in [5.41, 5.74) is 0.566. The number of sulfonamides is 1. The molecule has 0 bridgehead atoms. The number of piperazine rings is 1. The van der Waals surface area contributed by atoms with E-state index < -0.39 is 10.0 Å². The molecule has 1 aliphatic rings. The standard InChI is InChI=1S/C21H32N4O6S/c1-22-32(28,29)19-15-17(5-7-18(19)31-3)6-8-21(27)25-12-10-24(11-13-25)16-20(26)23-9-4-14-30-2/h5-8,15,22H,4,9-14,16H2,1-3H3,(H,23,26)/b8-6+. The third-order valence-electron chi connectivity index (χ3n) is 5.06. The van der Waals surface area contributed by atoms with Gasteiger partial charge in [-0.1, -0.05) is 6.07 Å². The predicted octanol–water partition coefficient (Wildman–Crippen LogP) is -0.0866. The Kier molecular flexibility index (Phi) is 10.1. The van der Waals surface area contributed by atoms with Crippen molar-refractivity contribution in [1.29, 1.82) is 0 Å². The van der Waals surface area contributed by atoms with Crippen molar-refractivity contribution >= 4 is 27.9 Å². The molecule has 1 aromatic carbocycles. The van der Waals surface area contributed by atoms with Crippen LogP contribution in [0.4, 0.5) is 0 Å². The average molecular weight is 469 g/mol. The van der Waals surface area contributed by atoms with Gasteiger partial charge in [0.15, 0.2) is 0 Å². The Morgan fingerprint density at radius 2 is 1.88 bits per heavy atom. The van der Waals surface area contributed by atoms with Crippen molar-refractivity contribution in [2.75, 3.05) is 67.1 Å². The Morgan fingerprint density at radius 1 is 1.16 bits per heavy atom. The largest absolute Gasteiger partial charge is 0.495 e. The molecule has 1 aliphatic heterocycles. The molecule has 0 spiro atoms. The highest BCUT2D eigenvalue weighted by atomic mass is 32.2. The smallest absolute Gasteiger partial charge is 0.246 e. The second kappa shape index (κ2) is 12.5. The normalized spacial score (nSPS) is 15.2. The predicted molar refractivity (Wildman–Crippen MR) is 121 cm³/mol. The van der Waals surface area contributed by atoms with E-state index in [0.717, 1.165) is 6.42 Å². The molecule has 10 nitrogen and oxygen atoms in total. The van der Waals surface area contributed by atoms with Gasteiger partial charge in [-0.25, -0.2) is 13.1 Å². The van der Waals surface area contributed by atoms with Crippen LogP contribution in [-0.2, 0) is 24.3 Å². The minimum atomic E-state index is -3.70. The third kappa shape index (κ3) is 7.59. The van der Waals surface area contributed by atoms with Crippen molar-refractivity contribution in [2.24, 2.45) is 0 Å². The number of carbonyl (C=O) groups is 2. The molecule has 1 fully saturated rings. The Labute approximate surface area is 189 Å². The van der Waals surface area contributed by atoms with E-state index >= 15 is 0 Å². The lowest BCUT2D eigenvalue weighted by Gasteiger charge is -2.33. The van der Waals surface area contributed by atoms with Gasteiger partial charge in [0, 0.05) is 52.5 Å². The van der Waals surface area contributed by atoms with Gasteiger partial charge in [0.05, 0.1) is 13.7 Å². The highest BCUT2D eigenvalue weighted by molar-refractivity contribution is 7.89. The molecule has 0 radical (unpaired) electrons. The molecule has 0 saturated carbocycles. The average Bonchev–Trinajstić information content (AvgIpc) is 2.80. The number of nitrogens with one attached hydrogen (secondary N) is 2. The summed E-state index contributed by atoms with van der Waals surface area (Å²) in [7, 11) is 0.651. The van der Waals surface area contributed by atoms with E-state index in [4.69, 9.17) is 9.47 Å². The van der Waals surface area contributed by atoms with Crippen molar-refractivity contribution < 1.29 is 27.5 Å². The molecule has 2 rings (SSSR count). The molecular weight excluding hydrogens is 436 g/mol. The van der Waals surface area contributed by atoms with Gasteiger partial charge < -0.3 is 19.7 Å². The second-order valence-electron chi connectivity index (χ2n) is 7.25. The van der Waals surface area contributed by atoms with E-state index in [9.17, 15) is 18.0 Å². The number of hydrogen-bond donors (Lipinski definition) is 2. The first-order valence-electron chi connectivity index (χ1n) is 10.4. The molecule has 11 heteroatoms. The highest BCUT2D eigenvalue weighted by Gasteiger charge is 2.21. The quantitative estimate of drug-likeness (QED) is 0.344. The van der Waals surface area contributed by atoms with Crippen molar-refractivity contribution in [3.63, 3.8) is 0 Å². The lowest BCUT2D eigenvalue weighted by molar-refractivity contribution is -0.128. The molecule has 178 valence electrons. The topological polar surface area (TPSA) is 117 Å². The van der Waals surface area contributed by atoms with Crippen LogP contribution in [0.25, 0.3) is 6.08 Å². The fraction of sp³-hybridized carbons (Fsp3) is 0.524. The molecule has 0 unspecified atom stereocenters. The van der Waals surface area contributed by atoms with Crippen LogP contribution in [0, 0.1) is 0 Å². The van der Waals surface area contributed by atoms with E-state index in [1.54, 1.807) is 30.2 Å². The van der Waals surface area contributed by atoms with Gasteiger partial charge in [0.2, 0.25) is 21.8 Å². The number of ether oxygens (including phenoxy) is 2. The molecule has 32 heavy (non-hydrogen) atoms. The number of rotatable bonds is 11. The summed E-state index contributed by atoms with van der Waals surface area (Å²) < 4.78 is 36.7. The van der Waals surface area contributed by atoms with Crippen molar-refractivity contribution in [3.8, 4) is 5.75 Å². The van der Waals surface area contributed by atoms with Gasteiger partial charge >= 0.3 is 0 Å². The fourth-order valence-electron chi connectivity index (χ4n) is 3.22. The van der Waals surface area contributed by atoms with Crippen LogP contribution in [0.3, 0.4) is 0 Å². The number of methoxy groups -OCH3 is 2. The summed E-state index contributed by atoms with van der Waals surface area (Å²) in [5.74, 6) is 0.0248. The first-order chi connectivity index (χ1) is 15.3. The summed E-state index contributed by atoms with van der Waals surface area (Å²) >= 11 is 0. The molecular formula is C21H32N4O6S. The first-order valence-corrected chi connectivity index (χ1v) is 11.9. The number of nitrogens with zero attached hydrogens (tertiary/aromatic N) is 2. The summed E-state index contributed by atoms with van der Waals surface area (Å²) in [6, 6.07) is 4.69. The number of amides is 2. The second-order valence-corrected chi connectivity index (χ2v) is 9.10. The zero-order chi connectivity index (χ0) is 23.6. The Balaban J connectivity index is 1.88. The maximum Gasteiger partial charge on any atom is 0.246 e. The zero-order valence-corrected chi connectivity index (χ0v) is 19.6. The minimum absolute atomic E-state index is 0.00575. The van der Waals surface area contributed by atoms with E-state index in [-0.39, 0.29) is 22.5 Å². The fourth-order valence-corrected chi connectivity index (χ4v) is 4.15. The summed E-state index contributed by atoms with van der Waals surface area (Å²) in [6.45, 7) is 3.75. The van der Waals surface area contributed by atoms with Crippen molar-refractivity contribution in [1.82, 2.24) is 19.8 Å². The van der Waals surface area contributed by atoms with E-state index in [0.29, 0.717) is 51.4 Å². The van der Waals surface area contributed by atoms with Crippen LogP contribution < -0.4 is 14.8 Å². The molecule has 1 heterocycles. The molecule has 0 aromatic heterocycles. The lowest BCUT2D eigenvalue weighted by Crippen LogP contribution is -2.50. The van der Waals surface area contributed by atoms with Gasteiger partial charge in [0.25, 0.3) is 0 Å². The van der Waals surface area contributed by atoms with Gasteiger partial charge in [-0.15, -0.1) is 0 Å². The molecule has 2 amide bonds. The van der Waals surface area contributed by atoms with Gasteiger partial charge in [-0.05, 0) is 37.2 Å². The van der Waals surface area contributed by atoms with Crippen molar-refractivity contribution in [2.45, 2.75) is 11.3 Å². The maximum absolute atomic E-state index is 12.5. The summed E-state index contributed by atoms with van der Waals surface area (Å²) in [5, 5.41) is 2.86. The van der Waals surface area contributed by atoms with Gasteiger partial charge in [-0.2, -0.15) is 0 Å². The number of carbonyl (C=O) groups excluding carboxylic acids is 2. The van der Waals surface area contributed by atoms with Crippen molar-refractivity contribution in [3.05, 3.63) is 29.8 Å². The van der Waals surface area contributed by atoms with Crippen LogP contribution in [0.1, 0.15) is 12.0 Å². The Hall–Kier alpha value is -2.47. The zero-order valence-electron chi connectivity index (χ0n) is 18.8. The monoisotopic (exact) mass is 468 g/mol. The Bertz CT molecular complexity index is 911. The van der Waals surface area contributed by atoms with Crippen LogP contribution in [-0.4, -0.2) is 97.2 Å². The highest BCUT2D eigenvalue weighted by Crippen LogP contribution is 2.25. The van der Waals surface area contributed by atoms with Crippen LogP contribution >= 0.6 is 0 Å². The van der Waals surface area contributed by atoms with Crippen LogP contribution in [0.2, 0.25) is 0 Å². The number of benzene rings is 1. The van der Waals surface area contributed by atoms with Gasteiger partial charge in [0.1, 0.15) is 10.6 Å². The molecule has 2 N–H and O–H groups in total. The molecule has 1 aromatic rings. The summed E-state index contributed by atoms with van der Waals surface area (Å²) in [6.07, 6.45) is 3.78. The molecule has 0 aliphatic carbocycles. The van der Waals surface area contributed by atoms with E-state index in [1.807, 2.05) is 4.90 Å². The maximum atomic E-state index is 12.5. The minimum Gasteiger partial charge on any atom is -0.495 e. The van der Waals surface area contributed by atoms with E-state index in [1.165, 1.54) is 26.3 Å². The Morgan fingerprint density at radius 3 is 2.50 bits per heavy atom. The first kappa shape index (κ1) is 25.8. The SMILES string of the molecule is CNS(=O)(=O)c1cc(/C=C/C(=O)N2CCN(CC(=O)NCCCOC)CC2)ccc1OC. The number of hydrogen-bond acceptors (Lipinski definition) is 7. The molecule has 1 saturated heterocycles. The van der Waals surface area contributed by atoms with E-state index in [2.05, 4.69) is 10.0 Å². The van der Waals surface area contributed by atoms with Crippen LogP contribution in [0.5, 0.6) is 5.75 Å². The lowest BCUT2D eigenvalue weighted by atomic mass is 10.2. The molecule has 0 atom stereocenters. The third-order valence-corrected chi connectivity index (χ3v) is 6.50. The van der Waals surface area contributed by atoms with Crippen LogP contribution in [0.15, 0.2) is 29.2 Å². The summed E-state index contributed by atoms with van der Waals surface area (Å²) in [4.78, 5) is 28.2.